The highest BCUT2D eigenvalue weighted by atomic mass is 15.2. The Morgan fingerprint density at radius 2 is 2.05 bits per heavy atom. The van der Waals surface area contributed by atoms with Crippen LogP contribution in [0.4, 0.5) is 5.69 Å². The minimum atomic E-state index is 0.446. The Bertz CT molecular complexity index is 484. The zero-order valence-corrected chi connectivity index (χ0v) is 11.9. The van der Waals surface area contributed by atoms with Crippen LogP contribution < -0.4 is 10.2 Å². The third-order valence-electron chi connectivity index (χ3n) is 5.29. The smallest absolute Gasteiger partial charge is 0.0405 e. The van der Waals surface area contributed by atoms with Crippen molar-refractivity contribution in [2.24, 2.45) is 5.92 Å². The highest BCUT2D eigenvalue weighted by molar-refractivity contribution is 5.64. The zero-order valence-electron chi connectivity index (χ0n) is 11.9. The van der Waals surface area contributed by atoms with Gasteiger partial charge in [0.1, 0.15) is 0 Å². The number of piperidine rings is 1. The molecule has 4 rings (SSSR count). The van der Waals surface area contributed by atoms with E-state index in [9.17, 15) is 0 Å². The standard InChI is InChI=1S/C17H24N2/c1-13-2-5-16-15(10-13)17(6-8-18-9-7-17)12-19(16)11-14-3-4-14/h2,5,10,14,18H,3-4,6-9,11-12H2,1H3. The Morgan fingerprint density at radius 3 is 2.79 bits per heavy atom. The molecule has 1 aromatic rings. The summed E-state index contributed by atoms with van der Waals surface area (Å²) in [5.41, 5.74) is 5.06. The Morgan fingerprint density at radius 1 is 1.26 bits per heavy atom. The summed E-state index contributed by atoms with van der Waals surface area (Å²) in [5.74, 6) is 0.978. The predicted molar refractivity (Wildman–Crippen MR) is 79.9 cm³/mol. The number of hydrogen-bond donors (Lipinski definition) is 1. The Labute approximate surface area is 116 Å². The molecule has 1 saturated carbocycles. The Balaban J connectivity index is 1.72. The molecule has 2 fully saturated rings. The van der Waals surface area contributed by atoms with Gasteiger partial charge in [-0.3, -0.25) is 0 Å². The van der Waals surface area contributed by atoms with Gasteiger partial charge in [-0.1, -0.05) is 17.7 Å². The monoisotopic (exact) mass is 256 g/mol. The van der Waals surface area contributed by atoms with Gasteiger partial charge in [0.15, 0.2) is 0 Å². The maximum absolute atomic E-state index is 3.53. The lowest BCUT2D eigenvalue weighted by Gasteiger charge is -2.35. The number of benzene rings is 1. The average molecular weight is 256 g/mol. The van der Waals surface area contributed by atoms with E-state index in [-0.39, 0.29) is 0 Å². The molecule has 1 N–H and O–H groups in total. The van der Waals surface area contributed by atoms with Crippen LogP contribution in [-0.4, -0.2) is 26.2 Å². The average Bonchev–Trinajstić information content (AvgIpc) is 3.18. The molecule has 1 spiro atoms. The number of aryl methyl sites for hydroxylation is 1. The van der Waals surface area contributed by atoms with Crippen LogP contribution in [0.5, 0.6) is 0 Å². The molecule has 102 valence electrons. The maximum Gasteiger partial charge on any atom is 0.0405 e. The molecule has 0 bridgehead atoms. The van der Waals surface area contributed by atoms with Crippen molar-refractivity contribution < 1.29 is 0 Å². The summed E-state index contributed by atoms with van der Waals surface area (Å²) < 4.78 is 0. The molecule has 0 amide bonds. The first-order valence-corrected chi connectivity index (χ1v) is 7.84. The summed E-state index contributed by atoms with van der Waals surface area (Å²) in [6.07, 6.45) is 5.52. The van der Waals surface area contributed by atoms with Crippen molar-refractivity contribution in [3.05, 3.63) is 29.3 Å². The number of rotatable bonds is 2. The minimum Gasteiger partial charge on any atom is -0.370 e. The molecule has 2 heterocycles. The second kappa shape index (κ2) is 4.24. The number of nitrogens with zero attached hydrogens (tertiary/aromatic N) is 1. The summed E-state index contributed by atoms with van der Waals surface area (Å²) >= 11 is 0. The largest absolute Gasteiger partial charge is 0.370 e. The van der Waals surface area contributed by atoms with Gasteiger partial charge in [-0.2, -0.15) is 0 Å². The van der Waals surface area contributed by atoms with E-state index in [1.54, 1.807) is 11.3 Å². The van der Waals surface area contributed by atoms with Crippen molar-refractivity contribution in [1.82, 2.24) is 5.32 Å². The van der Waals surface area contributed by atoms with Crippen molar-refractivity contribution in [2.45, 2.75) is 38.0 Å². The van der Waals surface area contributed by atoms with Gasteiger partial charge in [0, 0.05) is 24.2 Å². The van der Waals surface area contributed by atoms with Crippen molar-refractivity contribution in [2.75, 3.05) is 31.1 Å². The quantitative estimate of drug-likeness (QED) is 0.875. The molecule has 3 aliphatic rings. The van der Waals surface area contributed by atoms with Gasteiger partial charge in [0.2, 0.25) is 0 Å². The molecule has 2 aliphatic heterocycles. The van der Waals surface area contributed by atoms with Crippen LogP contribution in [0.1, 0.15) is 36.8 Å². The van der Waals surface area contributed by atoms with Crippen molar-refractivity contribution in [1.29, 1.82) is 0 Å². The summed E-state index contributed by atoms with van der Waals surface area (Å²) in [6, 6.07) is 7.14. The van der Waals surface area contributed by atoms with Crippen molar-refractivity contribution in [3.8, 4) is 0 Å². The van der Waals surface area contributed by atoms with Gasteiger partial charge >= 0.3 is 0 Å². The molecule has 2 heteroatoms. The lowest BCUT2D eigenvalue weighted by molar-refractivity contribution is 0.324. The fourth-order valence-electron chi connectivity index (χ4n) is 3.99. The van der Waals surface area contributed by atoms with Crippen LogP contribution in [-0.2, 0) is 5.41 Å². The number of nitrogens with one attached hydrogen (secondary N) is 1. The van der Waals surface area contributed by atoms with Gasteiger partial charge in [0.05, 0.1) is 0 Å². The molecule has 19 heavy (non-hydrogen) atoms. The molecule has 0 atom stereocenters. The van der Waals surface area contributed by atoms with Crippen LogP contribution in [0.3, 0.4) is 0 Å². The van der Waals surface area contributed by atoms with E-state index in [2.05, 4.69) is 35.3 Å². The summed E-state index contributed by atoms with van der Waals surface area (Å²) in [4.78, 5) is 2.69. The predicted octanol–water partition coefficient (Wildman–Crippen LogP) is 2.85. The lowest BCUT2D eigenvalue weighted by Crippen LogP contribution is -2.43. The third kappa shape index (κ3) is 1.97. The summed E-state index contributed by atoms with van der Waals surface area (Å²) in [7, 11) is 0. The molecule has 0 aromatic heterocycles. The fraction of sp³-hybridized carbons (Fsp3) is 0.647. The van der Waals surface area contributed by atoms with E-state index in [1.807, 2.05) is 0 Å². The Kier molecular flexibility index (Phi) is 2.63. The first-order valence-electron chi connectivity index (χ1n) is 7.84. The van der Waals surface area contributed by atoms with Gasteiger partial charge < -0.3 is 10.2 Å². The van der Waals surface area contributed by atoms with E-state index in [0.29, 0.717) is 5.41 Å². The fourth-order valence-corrected chi connectivity index (χ4v) is 3.99. The SMILES string of the molecule is Cc1ccc2c(c1)C1(CCNCC1)CN2CC1CC1. The van der Waals surface area contributed by atoms with E-state index in [4.69, 9.17) is 0 Å². The summed E-state index contributed by atoms with van der Waals surface area (Å²) in [6.45, 7) is 7.17. The highest BCUT2D eigenvalue weighted by Gasteiger charge is 2.44. The Hall–Kier alpha value is -1.02. The van der Waals surface area contributed by atoms with Gasteiger partial charge in [-0.15, -0.1) is 0 Å². The first-order chi connectivity index (χ1) is 9.27. The molecule has 2 nitrogen and oxygen atoms in total. The molecule has 0 radical (unpaired) electrons. The van der Waals surface area contributed by atoms with E-state index in [1.165, 1.54) is 57.4 Å². The van der Waals surface area contributed by atoms with Crippen molar-refractivity contribution in [3.63, 3.8) is 0 Å². The first kappa shape index (κ1) is 11.8. The van der Waals surface area contributed by atoms with Crippen LogP contribution in [0, 0.1) is 12.8 Å². The normalized spacial score (nSPS) is 24.8. The number of anilines is 1. The van der Waals surface area contributed by atoms with Gasteiger partial charge in [0.25, 0.3) is 0 Å². The van der Waals surface area contributed by atoms with Crippen LogP contribution in [0.15, 0.2) is 18.2 Å². The summed E-state index contributed by atoms with van der Waals surface area (Å²) in [5, 5.41) is 3.53. The van der Waals surface area contributed by atoms with Gasteiger partial charge in [-0.05, 0) is 63.2 Å². The maximum atomic E-state index is 3.53. The molecule has 1 aliphatic carbocycles. The molecule has 0 unspecified atom stereocenters. The molecular formula is C17H24N2. The second-order valence-corrected chi connectivity index (χ2v) is 6.87. The van der Waals surface area contributed by atoms with E-state index < -0.39 is 0 Å². The lowest BCUT2D eigenvalue weighted by atomic mass is 9.74. The van der Waals surface area contributed by atoms with Gasteiger partial charge in [-0.25, -0.2) is 0 Å². The van der Waals surface area contributed by atoms with Crippen LogP contribution >= 0.6 is 0 Å². The third-order valence-corrected chi connectivity index (χ3v) is 5.29. The molecular weight excluding hydrogens is 232 g/mol. The van der Waals surface area contributed by atoms with Crippen LogP contribution in [0.25, 0.3) is 0 Å². The highest BCUT2D eigenvalue weighted by Crippen LogP contribution is 2.47. The zero-order chi connectivity index (χ0) is 12.9. The number of fused-ring (bicyclic) bond motifs is 2. The van der Waals surface area contributed by atoms with E-state index in [0.717, 1.165) is 5.92 Å². The van der Waals surface area contributed by atoms with Crippen LogP contribution in [0.2, 0.25) is 0 Å². The molecule has 1 saturated heterocycles. The minimum absolute atomic E-state index is 0.446. The second-order valence-electron chi connectivity index (χ2n) is 6.87. The van der Waals surface area contributed by atoms with E-state index >= 15 is 0 Å². The van der Waals surface area contributed by atoms with Crippen molar-refractivity contribution >= 4 is 5.69 Å². The topological polar surface area (TPSA) is 15.3 Å². The molecule has 1 aromatic carbocycles. The number of hydrogen-bond acceptors (Lipinski definition) is 2.